The Balaban J connectivity index is 2.06. The number of ether oxygens (including phenoxy) is 1. The van der Waals surface area contributed by atoms with Crippen LogP contribution in [0.15, 0.2) is 24.3 Å². The first-order valence-electron chi connectivity index (χ1n) is 6.68. The molecule has 0 aliphatic heterocycles. The van der Waals surface area contributed by atoms with Gasteiger partial charge in [-0.15, -0.1) is 13.2 Å². The van der Waals surface area contributed by atoms with Crippen LogP contribution in [0.5, 0.6) is 5.75 Å². The van der Waals surface area contributed by atoms with E-state index in [1.54, 1.807) is 12.1 Å². The molecule has 0 spiro atoms. The third-order valence-corrected chi connectivity index (χ3v) is 3.86. The molecule has 1 aromatic rings. The lowest BCUT2D eigenvalue weighted by atomic mass is 9.89. The zero-order valence-corrected chi connectivity index (χ0v) is 11.4. The summed E-state index contributed by atoms with van der Waals surface area (Å²) < 4.78 is 40.2. The highest BCUT2D eigenvalue weighted by Crippen LogP contribution is 2.31. The van der Waals surface area contributed by atoms with Gasteiger partial charge in [0.2, 0.25) is 0 Å². The van der Waals surface area contributed by atoms with Crippen molar-refractivity contribution in [3.05, 3.63) is 29.8 Å². The lowest BCUT2D eigenvalue weighted by Crippen LogP contribution is -2.42. The van der Waals surface area contributed by atoms with Crippen LogP contribution in [-0.4, -0.2) is 30.9 Å². The SMILES string of the molecule is CN(C1CCC1)C(CN)c1ccc(OC(F)(F)F)cc1. The van der Waals surface area contributed by atoms with Gasteiger partial charge in [0.25, 0.3) is 0 Å². The molecule has 0 saturated heterocycles. The van der Waals surface area contributed by atoms with Gasteiger partial charge in [-0.25, -0.2) is 0 Å². The summed E-state index contributed by atoms with van der Waals surface area (Å²) >= 11 is 0. The molecular weight excluding hydrogens is 269 g/mol. The number of hydrogen-bond acceptors (Lipinski definition) is 3. The molecular formula is C14H19F3N2O. The van der Waals surface area contributed by atoms with Crippen molar-refractivity contribution in [2.75, 3.05) is 13.6 Å². The first kappa shape index (κ1) is 15.1. The van der Waals surface area contributed by atoms with Gasteiger partial charge in [0.1, 0.15) is 5.75 Å². The van der Waals surface area contributed by atoms with E-state index in [0.29, 0.717) is 12.6 Å². The van der Waals surface area contributed by atoms with E-state index in [1.165, 1.54) is 18.6 Å². The molecule has 1 saturated carbocycles. The monoisotopic (exact) mass is 288 g/mol. The highest BCUT2D eigenvalue weighted by molar-refractivity contribution is 5.29. The van der Waals surface area contributed by atoms with Crippen LogP contribution >= 0.6 is 0 Å². The molecule has 1 aromatic carbocycles. The quantitative estimate of drug-likeness (QED) is 0.905. The van der Waals surface area contributed by atoms with Crippen molar-refractivity contribution in [1.82, 2.24) is 4.90 Å². The number of likely N-dealkylation sites (N-methyl/N-ethyl adjacent to an activating group) is 1. The number of nitrogens with zero attached hydrogens (tertiary/aromatic N) is 1. The van der Waals surface area contributed by atoms with Crippen LogP contribution in [0.25, 0.3) is 0 Å². The molecule has 0 heterocycles. The molecule has 112 valence electrons. The molecule has 1 aliphatic carbocycles. The second-order valence-corrected chi connectivity index (χ2v) is 5.12. The number of benzene rings is 1. The van der Waals surface area contributed by atoms with Crippen molar-refractivity contribution in [2.24, 2.45) is 5.73 Å². The molecule has 1 atom stereocenters. The lowest BCUT2D eigenvalue weighted by molar-refractivity contribution is -0.274. The second kappa shape index (κ2) is 6.01. The summed E-state index contributed by atoms with van der Waals surface area (Å²) in [5.74, 6) is -0.205. The molecule has 1 fully saturated rings. The second-order valence-electron chi connectivity index (χ2n) is 5.12. The summed E-state index contributed by atoms with van der Waals surface area (Å²) in [6, 6.07) is 6.51. The van der Waals surface area contributed by atoms with Crippen LogP contribution in [0, 0.1) is 0 Å². The molecule has 2 N–H and O–H groups in total. The summed E-state index contributed by atoms with van der Waals surface area (Å²) in [5.41, 5.74) is 6.72. The molecule has 6 heteroatoms. The molecule has 2 rings (SSSR count). The van der Waals surface area contributed by atoms with E-state index in [-0.39, 0.29) is 11.8 Å². The Kier molecular flexibility index (Phi) is 4.55. The van der Waals surface area contributed by atoms with Gasteiger partial charge in [0.15, 0.2) is 0 Å². The Labute approximate surface area is 116 Å². The molecule has 0 bridgehead atoms. The normalized spacial score (nSPS) is 17.9. The zero-order valence-electron chi connectivity index (χ0n) is 11.4. The first-order valence-corrected chi connectivity index (χ1v) is 6.68. The van der Waals surface area contributed by atoms with Gasteiger partial charge in [-0.2, -0.15) is 0 Å². The van der Waals surface area contributed by atoms with Crippen molar-refractivity contribution in [3.8, 4) is 5.75 Å². The van der Waals surface area contributed by atoms with E-state index >= 15 is 0 Å². The number of hydrogen-bond donors (Lipinski definition) is 1. The maximum absolute atomic E-state index is 12.1. The molecule has 1 unspecified atom stereocenters. The fourth-order valence-electron chi connectivity index (χ4n) is 2.48. The fourth-order valence-corrected chi connectivity index (χ4v) is 2.48. The Hall–Kier alpha value is -1.27. The van der Waals surface area contributed by atoms with Gasteiger partial charge in [-0.05, 0) is 37.6 Å². The molecule has 3 nitrogen and oxygen atoms in total. The minimum absolute atomic E-state index is 0.0280. The summed E-state index contributed by atoms with van der Waals surface area (Å²) in [4.78, 5) is 2.21. The van der Waals surface area contributed by atoms with Crippen molar-refractivity contribution in [1.29, 1.82) is 0 Å². The van der Waals surface area contributed by atoms with E-state index in [9.17, 15) is 13.2 Å². The van der Waals surface area contributed by atoms with Crippen LogP contribution in [0.4, 0.5) is 13.2 Å². The fraction of sp³-hybridized carbons (Fsp3) is 0.571. The van der Waals surface area contributed by atoms with E-state index in [0.717, 1.165) is 18.4 Å². The van der Waals surface area contributed by atoms with E-state index in [4.69, 9.17) is 5.73 Å². The third kappa shape index (κ3) is 3.64. The van der Waals surface area contributed by atoms with Crippen LogP contribution in [0.3, 0.4) is 0 Å². The standard InChI is InChI=1S/C14H19F3N2O/c1-19(11-3-2-4-11)13(9-18)10-5-7-12(8-6-10)20-14(15,16)17/h5-8,11,13H,2-4,9,18H2,1H3. The number of rotatable bonds is 5. The smallest absolute Gasteiger partial charge is 0.406 e. The number of nitrogens with two attached hydrogens (primary N) is 1. The van der Waals surface area contributed by atoms with Gasteiger partial charge in [0, 0.05) is 18.6 Å². The maximum atomic E-state index is 12.1. The lowest BCUT2D eigenvalue weighted by Gasteiger charge is -2.39. The summed E-state index contributed by atoms with van der Waals surface area (Å²) in [6.45, 7) is 0.437. The van der Waals surface area contributed by atoms with Crippen molar-refractivity contribution in [2.45, 2.75) is 37.7 Å². The molecule has 0 aromatic heterocycles. The van der Waals surface area contributed by atoms with Gasteiger partial charge in [0.05, 0.1) is 0 Å². The van der Waals surface area contributed by atoms with Crippen LogP contribution in [0.2, 0.25) is 0 Å². The third-order valence-electron chi connectivity index (χ3n) is 3.86. The molecule has 20 heavy (non-hydrogen) atoms. The predicted octanol–water partition coefficient (Wildman–Crippen LogP) is 3.07. The number of alkyl halides is 3. The average molecular weight is 288 g/mol. The predicted molar refractivity (Wildman–Crippen MR) is 70.3 cm³/mol. The van der Waals surface area contributed by atoms with Gasteiger partial charge in [-0.3, -0.25) is 4.90 Å². The zero-order chi connectivity index (χ0) is 14.8. The van der Waals surface area contributed by atoms with Crippen molar-refractivity contribution in [3.63, 3.8) is 0 Å². The van der Waals surface area contributed by atoms with E-state index in [2.05, 4.69) is 9.64 Å². The largest absolute Gasteiger partial charge is 0.573 e. The van der Waals surface area contributed by atoms with E-state index in [1.807, 2.05) is 7.05 Å². The Morgan fingerprint density at radius 3 is 2.30 bits per heavy atom. The molecule has 0 radical (unpaired) electrons. The topological polar surface area (TPSA) is 38.5 Å². The first-order chi connectivity index (χ1) is 9.40. The average Bonchev–Trinajstić information content (AvgIpc) is 2.28. The Morgan fingerprint density at radius 2 is 1.90 bits per heavy atom. The highest BCUT2D eigenvalue weighted by Gasteiger charge is 2.31. The molecule has 0 amide bonds. The van der Waals surface area contributed by atoms with Crippen LogP contribution < -0.4 is 10.5 Å². The van der Waals surface area contributed by atoms with Crippen molar-refractivity contribution >= 4 is 0 Å². The Bertz CT molecular complexity index is 429. The minimum atomic E-state index is -4.66. The van der Waals surface area contributed by atoms with Crippen LogP contribution in [-0.2, 0) is 0 Å². The van der Waals surface area contributed by atoms with Crippen LogP contribution in [0.1, 0.15) is 30.9 Å². The maximum Gasteiger partial charge on any atom is 0.573 e. The highest BCUT2D eigenvalue weighted by atomic mass is 19.4. The van der Waals surface area contributed by atoms with E-state index < -0.39 is 6.36 Å². The minimum Gasteiger partial charge on any atom is -0.406 e. The summed E-state index contributed by atoms with van der Waals surface area (Å²) in [5, 5.41) is 0. The number of halogens is 3. The molecule has 1 aliphatic rings. The van der Waals surface area contributed by atoms with Gasteiger partial charge >= 0.3 is 6.36 Å². The Morgan fingerprint density at radius 1 is 1.30 bits per heavy atom. The summed E-state index contributed by atoms with van der Waals surface area (Å²) in [6.07, 6.45) is -1.12. The van der Waals surface area contributed by atoms with Crippen molar-refractivity contribution < 1.29 is 17.9 Å². The van der Waals surface area contributed by atoms with Gasteiger partial charge in [-0.1, -0.05) is 18.6 Å². The van der Waals surface area contributed by atoms with Gasteiger partial charge < -0.3 is 10.5 Å². The summed E-state index contributed by atoms with van der Waals surface area (Å²) in [7, 11) is 2.02.